The molecule has 0 saturated heterocycles. The van der Waals surface area contributed by atoms with Crippen molar-refractivity contribution in [2.45, 2.75) is 13.8 Å². The third-order valence-corrected chi connectivity index (χ3v) is 4.06. The highest BCUT2D eigenvalue weighted by molar-refractivity contribution is 7.16. The molecule has 0 spiro atoms. The molecule has 0 atom stereocenters. The van der Waals surface area contributed by atoms with E-state index in [-0.39, 0.29) is 0 Å². The number of hydrogen-bond donors (Lipinski definition) is 1. The molecule has 0 amide bonds. The van der Waals surface area contributed by atoms with E-state index in [0.717, 1.165) is 41.2 Å². The fourth-order valence-electron chi connectivity index (χ4n) is 2.29. The summed E-state index contributed by atoms with van der Waals surface area (Å²) in [6, 6.07) is 4.26. The normalized spacial score (nSPS) is 11.7. The quantitative estimate of drug-likeness (QED) is 0.832. The van der Waals surface area contributed by atoms with Crippen molar-refractivity contribution in [2.24, 2.45) is 5.92 Å². The van der Waals surface area contributed by atoms with Gasteiger partial charge in [-0.25, -0.2) is 4.98 Å². The molecule has 2 aromatic rings. The minimum absolute atomic E-state index is 0.600. The predicted octanol–water partition coefficient (Wildman–Crippen LogP) is 2.90. The lowest BCUT2D eigenvalue weighted by Gasteiger charge is -2.29. The monoisotopic (exact) mass is 292 g/mol. The SMILES string of the molecule is CC(C)CN(CCN(C)C)c1ccc2scnc2c1N. The zero-order chi connectivity index (χ0) is 14.7. The van der Waals surface area contributed by atoms with Crippen LogP contribution in [0.4, 0.5) is 11.4 Å². The van der Waals surface area contributed by atoms with Crippen molar-refractivity contribution in [1.82, 2.24) is 9.88 Å². The average molecular weight is 292 g/mol. The summed E-state index contributed by atoms with van der Waals surface area (Å²) in [6.07, 6.45) is 0. The molecule has 0 aliphatic heterocycles. The number of nitrogens with two attached hydrogens (primary N) is 1. The molecule has 0 saturated carbocycles. The number of aromatic nitrogens is 1. The van der Waals surface area contributed by atoms with Crippen LogP contribution in [0.5, 0.6) is 0 Å². The molecule has 0 radical (unpaired) electrons. The van der Waals surface area contributed by atoms with Gasteiger partial charge in [-0.15, -0.1) is 11.3 Å². The van der Waals surface area contributed by atoms with Gasteiger partial charge in [0.1, 0.15) is 5.52 Å². The molecule has 0 aliphatic rings. The van der Waals surface area contributed by atoms with E-state index in [9.17, 15) is 0 Å². The van der Waals surface area contributed by atoms with E-state index in [0.29, 0.717) is 5.92 Å². The summed E-state index contributed by atoms with van der Waals surface area (Å²) in [7, 11) is 4.20. The Balaban J connectivity index is 2.31. The average Bonchev–Trinajstić information content (AvgIpc) is 2.84. The van der Waals surface area contributed by atoms with Gasteiger partial charge in [-0.3, -0.25) is 0 Å². The first-order valence-corrected chi connectivity index (χ1v) is 7.88. The molecule has 1 heterocycles. The van der Waals surface area contributed by atoms with E-state index >= 15 is 0 Å². The number of nitrogens with zero attached hydrogens (tertiary/aromatic N) is 3. The lowest BCUT2D eigenvalue weighted by molar-refractivity contribution is 0.409. The van der Waals surface area contributed by atoms with Gasteiger partial charge in [0.25, 0.3) is 0 Å². The van der Waals surface area contributed by atoms with Crippen LogP contribution < -0.4 is 10.6 Å². The minimum atomic E-state index is 0.600. The van der Waals surface area contributed by atoms with Crippen molar-refractivity contribution in [3.8, 4) is 0 Å². The summed E-state index contributed by atoms with van der Waals surface area (Å²) < 4.78 is 1.16. The van der Waals surface area contributed by atoms with Crippen molar-refractivity contribution in [1.29, 1.82) is 0 Å². The molecule has 110 valence electrons. The van der Waals surface area contributed by atoms with Gasteiger partial charge in [-0.1, -0.05) is 13.8 Å². The van der Waals surface area contributed by atoms with E-state index < -0.39 is 0 Å². The Labute approximate surface area is 125 Å². The Kier molecular flexibility index (Phi) is 4.83. The molecule has 20 heavy (non-hydrogen) atoms. The van der Waals surface area contributed by atoms with Crippen LogP contribution in [-0.2, 0) is 0 Å². The molecule has 0 aliphatic carbocycles. The minimum Gasteiger partial charge on any atom is -0.395 e. The Morgan fingerprint density at radius 2 is 2.00 bits per heavy atom. The number of nitrogen functional groups attached to an aromatic ring is 1. The van der Waals surface area contributed by atoms with Gasteiger partial charge in [-0.05, 0) is 32.1 Å². The fourth-order valence-corrected chi connectivity index (χ4v) is 2.98. The molecular formula is C15H24N4S. The molecule has 5 heteroatoms. The fraction of sp³-hybridized carbons (Fsp3) is 0.533. The van der Waals surface area contributed by atoms with Crippen LogP contribution in [0, 0.1) is 5.92 Å². The Hall–Kier alpha value is -1.33. The Bertz CT molecular complexity index is 562. The number of rotatable bonds is 6. The molecular weight excluding hydrogens is 268 g/mol. The highest BCUT2D eigenvalue weighted by Crippen LogP contribution is 2.32. The van der Waals surface area contributed by atoms with E-state index in [1.807, 2.05) is 5.51 Å². The number of fused-ring (bicyclic) bond motifs is 1. The first kappa shape index (κ1) is 15.1. The number of thiazole rings is 1. The van der Waals surface area contributed by atoms with E-state index in [1.54, 1.807) is 11.3 Å². The third-order valence-electron chi connectivity index (χ3n) is 3.26. The van der Waals surface area contributed by atoms with E-state index in [2.05, 4.69) is 54.9 Å². The van der Waals surface area contributed by atoms with Crippen LogP contribution in [-0.4, -0.2) is 43.6 Å². The Morgan fingerprint density at radius 1 is 1.25 bits per heavy atom. The van der Waals surface area contributed by atoms with Crippen molar-refractivity contribution in [3.63, 3.8) is 0 Å². The van der Waals surface area contributed by atoms with Crippen LogP contribution in [0.1, 0.15) is 13.8 Å². The van der Waals surface area contributed by atoms with Gasteiger partial charge in [0.15, 0.2) is 0 Å². The first-order valence-electron chi connectivity index (χ1n) is 7.00. The van der Waals surface area contributed by atoms with Crippen molar-refractivity contribution >= 4 is 32.9 Å². The molecule has 0 bridgehead atoms. The summed E-state index contributed by atoms with van der Waals surface area (Å²) in [5, 5.41) is 0. The third kappa shape index (κ3) is 3.41. The molecule has 2 N–H and O–H groups in total. The van der Waals surface area contributed by atoms with Gasteiger partial charge >= 0.3 is 0 Å². The van der Waals surface area contributed by atoms with Crippen LogP contribution in [0.15, 0.2) is 17.6 Å². The zero-order valence-corrected chi connectivity index (χ0v) is 13.6. The largest absolute Gasteiger partial charge is 0.395 e. The smallest absolute Gasteiger partial charge is 0.106 e. The van der Waals surface area contributed by atoms with Crippen molar-refractivity contribution in [2.75, 3.05) is 44.4 Å². The maximum Gasteiger partial charge on any atom is 0.106 e. The van der Waals surface area contributed by atoms with Gasteiger partial charge in [-0.2, -0.15) is 0 Å². The summed E-state index contributed by atoms with van der Waals surface area (Å²) in [5.41, 5.74) is 11.0. The highest BCUT2D eigenvalue weighted by Gasteiger charge is 2.15. The molecule has 2 rings (SSSR count). The Morgan fingerprint density at radius 3 is 2.65 bits per heavy atom. The number of hydrogen-bond acceptors (Lipinski definition) is 5. The molecule has 0 unspecified atom stereocenters. The van der Waals surface area contributed by atoms with Gasteiger partial charge in [0, 0.05) is 19.6 Å². The maximum atomic E-state index is 6.34. The maximum absolute atomic E-state index is 6.34. The van der Waals surface area contributed by atoms with Gasteiger partial charge in [0.05, 0.1) is 21.6 Å². The summed E-state index contributed by atoms with van der Waals surface area (Å²) >= 11 is 1.64. The predicted molar refractivity (Wildman–Crippen MR) is 89.6 cm³/mol. The molecule has 1 aromatic carbocycles. The molecule has 0 fully saturated rings. The summed E-state index contributed by atoms with van der Waals surface area (Å²) in [5.74, 6) is 0.600. The summed E-state index contributed by atoms with van der Waals surface area (Å²) in [4.78, 5) is 8.97. The van der Waals surface area contributed by atoms with Crippen LogP contribution >= 0.6 is 11.3 Å². The van der Waals surface area contributed by atoms with Crippen LogP contribution in [0.3, 0.4) is 0 Å². The van der Waals surface area contributed by atoms with Gasteiger partial charge < -0.3 is 15.5 Å². The van der Waals surface area contributed by atoms with E-state index in [1.165, 1.54) is 0 Å². The van der Waals surface area contributed by atoms with Crippen molar-refractivity contribution < 1.29 is 0 Å². The number of anilines is 2. The topological polar surface area (TPSA) is 45.4 Å². The molecule has 4 nitrogen and oxygen atoms in total. The first-order chi connectivity index (χ1) is 9.49. The second-order valence-electron chi connectivity index (χ2n) is 5.84. The van der Waals surface area contributed by atoms with Crippen LogP contribution in [0.2, 0.25) is 0 Å². The molecule has 1 aromatic heterocycles. The second-order valence-corrected chi connectivity index (χ2v) is 6.73. The lowest BCUT2D eigenvalue weighted by atomic mass is 10.1. The second kappa shape index (κ2) is 6.41. The number of likely N-dealkylation sites (N-methyl/N-ethyl adjacent to an activating group) is 1. The summed E-state index contributed by atoms with van der Waals surface area (Å²) in [6.45, 7) is 7.47. The van der Waals surface area contributed by atoms with Crippen LogP contribution in [0.25, 0.3) is 10.2 Å². The van der Waals surface area contributed by atoms with Gasteiger partial charge in [0.2, 0.25) is 0 Å². The van der Waals surface area contributed by atoms with E-state index in [4.69, 9.17) is 5.73 Å². The standard InChI is InChI=1S/C15H24N4S/c1-11(2)9-19(8-7-18(3)4)12-5-6-13-15(14(12)16)17-10-20-13/h5-6,10-11H,7-9,16H2,1-4H3. The lowest BCUT2D eigenvalue weighted by Crippen LogP contribution is -2.34. The number of benzene rings is 1. The highest BCUT2D eigenvalue weighted by atomic mass is 32.1. The van der Waals surface area contributed by atoms with Crippen molar-refractivity contribution in [3.05, 3.63) is 17.6 Å². The zero-order valence-electron chi connectivity index (χ0n) is 12.8.